The molecule has 35 heavy (non-hydrogen) atoms. The Labute approximate surface area is 211 Å². The van der Waals surface area contributed by atoms with E-state index in [0.717, 1.165) is 12.1 Å². The number of nitrogen functional groups attached to an aromatic ring is 1. The number of amidine groups is 1. The molecule has 3 aromatic rings. The number of carbonyl (C=O) groups is 1. The molecule has 0 heterocycles. The first-order valence-electron chi connectivity index (χ1n) is 10.1. The minimum Gasteiger partial charge on any atom is -0.493 e. The minimum absolute atomic E-state index is 0.0557. The third-order valence-corrected chi connectivity index (χ3v) is 6.22. The molecule has 0 aliphatic heterocycles. The zero-order chi connectivity index (χ0) is 25.6. The second-order valence-electron chi connectivity index (χ2n) is 7.14. The van der Waals surface area contributed by atoms with Crippen LogP contribution in [-0.4, -0.2) is 33.4 Å². The lowest BCUT2D eigenvalue weighted by Crippen LogP contribution is -2.15. The van der Waals surface area contributed by atoms with E-state index in [1.54, 1.807) is 48.5 Å². The molecular formula is C23H20Cl2FN3O5S. The van der Waals surface area contributed by atoms with Gasteiger partial charge in [-0.15, -0.1) is 3.89 Å². The van der Waals surface area contributed by atoms with Gasteiger partial charge in [0, 0.05) is 12.0 Å². The van der Waals surface area contributed by atoms with Crippen LogP contribution in [0.25, 0.3) is 0 Å². The second-order valence-corrected chi connectivity index (χ2v) is 9.27. The number of nitrogens with one attached hydrogen (secondary N) is 2. The van der Waals surface area contributed by atoms with Crippen LogP contribution < -0.4 is 20.5 Å². The van der Waals surface area contributed by atoms with Gasteiger partial charge in [0.2, 0.25) is 0 Å². The maximum atomic E-state index is 13.5. The van der Waals surface area contributed by atoms with Gasteiger partial charge in [0.25, 0.3) is 5.91 Å². The molecule has 12 heteroatoms. The Kier molecular flexibility index (Phi) is 8.55. The van der Waals surface area contributed by atoms with Crippen LogP contribution in [0.2, 0.25) is 10.0 Å². The van der Waals surface area contributed by atoms with Crippen molar-refractivity contribution in [1.29, 1.82) is 5.41 Å². The van der Waals surface area contributed by atoms with E-state index in [1.807, 2.05) is 0 Å². The molecule has 0 atom stereocenters. The number of halogens is 3. The summed E-state index contributed by atoms with van der Waals surface area (Å²) in [5, 5.41) is 9.46. The van der Waals surface area contributed by atoms with Gasteiger partial charge in [-0.3, -0.25) is 10.2 Å². The molecule has 4 N–H and O–H groups in total. The van der Waals surface area contributed by atoms with Crippen molar-refractivity contribution in [2.75, 3.05) is 18.5 Å². The highest BCUT2D eigenvalue weighted by Crippen LogP contribution is 2.31. The number of anilines is 1. The maximum Gasteiger partial charge on any atom is 0.333 e. The van der Waals surface area contributed by atoms with Gasteiger partial charge in [-0.1, -0.05) is 47.5 Å². The summed E-state index contributed by atoms with van der Waals surface area (Å²) in [5.41, 5.74) is 6.05. The van der Waals surface area contributed by atoms with E-state index in [1.165, 1.54) is 0 Å². The zero-order valence-electron chi connectivity index (χ0n) is 18.1. The summed E-state index contributed by atoms with van der Waals surface area (Å²) in [6.45, 7) is 0.585. The van der Waals surface area contributed by atoms with Gasteiger partial charge in [0.15, 0.2) is 0 Å². The topological polar surface area (TPSA) is 132 Å². The smallest absolute Gasteiger partial charge is 0.333 e. The summed E-state index contributed by atoms with van der Waals surface area (Å²) in [7, 11) is -5.16. The van der Waals surface area contributed by atoms with Crippen molar-refractivity contribution in [1.82, 2.24) is 0 Å². The molecule has 1 amide bonds. The van der Waals surface area contributed by atoms with E-state index in [2.05, 4.69) is 5.32 Å². The second kappa shape index (κ2) is 11.4. The van der Waals surface area contributed by atoms with Crippen LogP contribution >= 0.6 is 23.2 Å². The number of hydrogen-bond donors (Lipinski definition) is 3. The van der Waals surface area contributed by atoms with E-state index >= 15 is 0 Å². The maximum absolute atomic E-state index is 13.5. The summed E-state index contributed by atoms with van der Waals surface area (Å²) in [6.07, 6.45) is 0.507. The minimum atomic E-state index is -5.16. The predicted octanol–water partition coefficient (Wildman–Crippen LogP) is 5.04. The molecule has 0 aliphatic carbocycles. The lowest BCUT2D eigenvalue weighted by molar-refractivity contribution is 0.102. The van der Waals surface area contributed by atoms with Crippen molar-refractivity contribution in [3.8, 4) is 11.5 Å². The quantitative estimate of drug-likeness (QED) is 0.143. The number of nitrogens with two attached hydrogens (primary N) is 1. The third-order valence-electron chi connectivity index (χ3n) is 4.62. The largest absolute Gasteiger partial charge is 0.493 e. The van der Waals surface area contributed by atoms with Gasteiger partial charge >= 0.3 is 10.2 Å². The van der Waals surface area contributed by atoms with Crippen molar-refractivity contribution in [2.45, 2.75) is 11.3 Å². The van der Waals surface area contributed by atoms with Crippen molar-refractivity contribution in [3.05, 3.63) is 81.8 Å². The average molecular weight is 540 g/mol. The van der Waals surface area contributed by atoms with Crippen LogP contribution in [0, 0.1) is 5.41 Å². The van der Waals surface area contributed by atoms with Crippen LogP contribution in [0.5, 0.6) is 11.5 Å². The SMILES string of the molecule is N=C(N)c1cccc(OCCCOc2ccccc2NC(=O)c2cc(S(=O)(=O)F)c(Cl)cc2Cl)c1. The Hall–Kier alpha value is -3.34. The van der Waals surface area contributed by atoms with E-state index in [4.69, 9.17) is 43.8 Å². The number of rotatable bonds is 10. The molecular weight excluding hydrogens is 520 g/mol. The molecule has 0 aromatic heterocycles. The lowest BCUT2D eigenvalue weighted by Gasteiger charge is -2.14. The molecule has 0 saturated carbocycles. The fourth-order valence-electron chi connectivity index (χ4n) is 2.96. The van der Waals surface area contributed by atoms with E-state index in [0.29, 0.717) is 35.8 Å². The number of carbonyl (C=O) groups excluding carboxylic acids is 1. The van der Waals surface area contributed by atoms with Crippen molar-refractivity contribution in [2.24, 2.45) is 5.73 Å². The molecule has 0 spiro atoms. The lowest BCUT2D eigenvalue weighted by atomic mass is 10.2. The normalized spacial score (nSPS) is 11.1. The van der Waals surface area contributed by atoms with Crippen molar-refractivity contribution < 1.29 is 26.6 Å². The standard InChI is InChI=1S/C23H20Cl2FN3O5S/c24-17-13-18(25)21(35(26,31)32)12-16(17)23(30)29-19-7-1-2-8-20(19)34-10-4-9-33-15-6-3-5-14(11-15)22(27)28/h1-3,5-8,11-13H,4,9-10H2,(H3,27,28)(H,29,30). The Bertz CT molecular complexity index is 1370. The van der Waals surface area contributed by atoms with Crippen LogP contribution in [0.4, 0.5) is 9.57 Å². The fourth-order valence-corrected chi connectivity index (χ4v) is 4.26. The molecule has 0 fully saturated rings. The molecule has 184 valence electrons. The first-order chi connectivity index (χ1) is 16.6. The highest BCUT2D eigenvalue weighted by atomic mass is 35.5. The van der Waals surface area contributed by atoms with Crippen molar-refractivity contribution in [3.63, 3.8) is 0 Å². The van der Waals surface area contributed by atoms with Gasteiger partial charge < -0.3 is 20.5 Å². The Balaban J connectivity index is 1.62. The summed E-state index contributed by atoms with van der Waals surface area (Å²) >= 11 is 11.8. The molecule has 3 rings (SSSR count). The Morgan fingerprint density at radius 2 is 1.71 bits per heavy atom. The van der Waals surface area contributed by atoms with Gasteiger partial charge in [0.05, 0.1) is 34.5 Å². The monoisotopic (exact) mass is 539 g/mol. The number of para-hydroxylation sites is 2. The van der Waals surface area contributed by atoms with Crippen LogP contribution in [0.15, 0.2) is 65.6 Å². The van der Waals surface area contributed by atoms with Crippen LogP contribution in [0.3, 0.4) is 0 Å². The predicted molar refractivity (Wildman–Crippen MR) is 132 cm³/mol. The van der Waals surface area contributed by atoms with Crippen LogP contribution in [-0.2, 0) is 10.2 Å². The fraction of sp³-hybridized carbons (Fsp3) is 0.130. The Morgan fingerprint density at radius 3 is 2.43 bits per heavy atom. The molecule has 0 aliphatic rings. The van der Waals surface area contributed by atoms with Gasteiger partial charge in [-0.25, -0.2) is 0 Å². The zero-order valence-corrected chi connectivity index (χ0v) is 20.4. The van der Waals surface area contributed by atoms with Crippen LogP contribution in [0.1, 0.15) is 22.3 Å². The highest BCUT2D eigenvalue weighted by molar-refractivity contribution is 7.86. The first kappa shape index (κ1) is 26.3. The average Bonchev–Trinajstić information content (AvgIpc) is 2.79. The van der Waals surface area contributed by atoms with Gasteiger partial charge in [-0.05, 0) is 36.4 Å². The molecule has 3 aromatic carbocycles. The van der Waals surface area contributed by atoms with E-state index < -0.39 is 26.0 Å². The molecule has 0 unspecified atom stereocenters. The molecule has 0 bridgehead atoms. The summed E-state index contributed by atoms with van der Waals surface area (Å²) in [5.74, 6) is 0.0869. The number of hydrogen-bond acceptors (Lipinski definition) is 6. The summed E-state index contributed by atoms with van der Waals surface area (Å²) < 4.78 is 47.4. The number of amides is 1. The van der Waals surface area contributed by atoms with E-state index in [9.17, 15) is 17.1 Å². The molecule has 8 nitrogen and oxygen atoms in total. The van der Waals surface area contributed by atoms with E-state index in [-0.39, 0.29) is 23.0 Å². The highest BCUT2D eigenvalue weighted by Gasteiger charge is 2.22. The number of benzene rings is 3. The summed E-state index contributed by atoms with van der Waals surface area (Å²) in [4.78, 5) is 11.9. The molecule has 0 saturated heterocycles. The van der Waals surface area contributed by atoms with Crippen molar-refractivity contribution >= 4 is 50.9 Å². The third kappa shape index (κ3) is 7.08. The van der Waals surface area contributed by atoms with Gasteiger partial charge in [-0.2, -0.15) is 8.42 Å². The number of ether oxygens (including phenoxy) is 2. The van der Waals surface area contributed by atoms with Gasteiger partial charge in [0.1, 0.15) is 22.2 Å². The molecule has 0 radical (unpaired) electrons. The first-order valence-corrected chi connectivity index (χ1v) is 12.2. The Morgan fingerprint density at radius 1 is 1.00 bits per heavy atom. The summed E-state index contributed by atoms with van der Waals surface area (Å²) in [6, 6.07) is 15.2.